The molecule has 1 atom stereocenters. The van der Waals surface area contributed by atoms with Crippen LogP contribution < -0.4 is 0 Å². The van der Waals surface area contributed by atoms with E-state index in [-0.39, 0.29) is 11.5 Å². The van der Waals surface area contributed by atoms with Gasteiger partial charge in [0.1, 0.15) is 15.4 Å². The number of carbonyl (C=O) groups is 1. The highest BCUT2D eigenvalue weighted by Gasteiger charge is 2.17. The molecule has 4 nitrogen and oxygen atoms in total. The second-order valence-electron chi connectivity index (χ2n) is 2.38. The van der Waals surface area contributed by atoms with Gasteiger partial charge in [-0.3, -0.25) is 4.79 Å². The molecule has 0 aromatic rings. The predicted molar refractivity (Wildman–Crippen MR) is 43.4 cm³/mol. The van der Waals surface area contributed by atoms with E-state index in [9.17, 15) is 4.79 Å². The summed E-state index contributed by atoms with van der Waals surface area (Å²) in [6.45, 7) is 1.68. The molecule has 0 spiro atoms. The minimum Gasteiger partial charge on any atom is -0.481 e. The Morgan fingerprint density at radius 1 is 1.45 bits per heavy atom. The molecule has 0 heterocycles. The Morgan fingerprint density at radius 3 is 2.18 bits per heavy atom. The Hall–Kier alpha value is -0.393. The van der Waals surface area contributed by atoms with Crippen LogP contribution in [0.2, 0.25) is 5.54 Å². The van der Waals surface area contributed by atoms with E-state index in [1.54, 1.807) is 6.92 Å². The molecule has 1 unspecified atom stereocenters. The maximum atomic E-state index is 10.4. The number of methoxy groups -OCH3 is 2. The van der Waals surface area contributed by atoms with Crippen molar-refractivity contribution in [2.75, 3.05) is 14.2 Å². The second kappa shape index (κ2) is 5.28. The molecular weight excluding hydrogens is 164 g/mol. The molecule has 0 fully saturated rings. The van der Waals surface area contributed by atoms with Crippen LogP contribution >= 0.6 is 0 Å². The molecule has 0 bridgehead atoms. The van der Waals surface area contributed by atoms with Crippen molar-refractivity contribution in [3.05, 3.63) is 0 Å². The second-order valence-corrected chi connectivity index (χ2v) is 4.74. The van der Waals surface area contributed by atoms with E-state index < -0.39 is 15.5 Å². The van der Waals surface area contributed by atoms with Crippen LogP contribution in [0.5, 0.6) is 0 Å². The number of carboxylic acid groups (broad SMARTS) is 1. The number of hydrogen-bond acceptors (Lipinski definition) is 3. The molecule has 0 amide bonds. The number of carboxylic acids is 1. The zero-order chi connectivity index (χ0) is 8.85. The van der Waals surface area contributed by atoms with Gasteiger partial charge in [0.05, 0.1) is 0 Å². The van der Waals surface area contributed by atoms with Crippen LogP contribution in [0.3, 0.4) is 0 Å². The van der Waals surface area contributed by atoms with Crippen LogP contribution in [0.4, 0.5) is 0 Å². The van der Waals surface area contributed by atoms with Crippen LogP contribution in [-0.2, 0) is 14.3 Å². The van der Waals surface area contributed by atoms with Gasteiger partial charge >= 0.3 is 5.97 Å². The van der Waals surface area contributed by atoms with E-state index in [1.165, 1.54) is 14.2 Å². The lowest BCUT2D eigenvalue weighted by Gasteiger charge is -2.14. The topological polar surface area (TPSA) is 55.8 Å². The van der Waals surface area contributed by atoms with Gasteiger partial charge in [-0.05, 0) is 0 Å². The van der Waals surface area contributed by atoms with Crippen molar-refractivity contribution >= 4 is 15.5 Å². The smallest absolute Gasteiger partial charge is 0.303 e. The van der Waals surface area contributed by atoms with E-state index in [0.717, 1.165) is 0 Å². The first-order valence-corrected chi connectivity index (χ1v) is 5.03. The molecule has 0 saturated carbocycles. The van der Waals surface area contributed by atoms with Crippen LogP contribution in [0, 0.1) is 0 Å². The Morgan fingerprint density at radius 2 is 1.91 bits per heavy atom. The minimum absolute atomic E-state index is 0.277. The Labute approximate surface area is 68.3 Å². The lowest BCUT2D eigenvalue weighted by Crippen LogP contribution is -2.27. The fourth-order valence-electron chi connectivity index (χ4n) is 0.678. The summed E-state index contributed by atoms with van der Waals surface area (Å²) in [6.07, 6.45) is 0. The Bertz CT molecular complexity index is 124. The average Bonchev–Trinajstić information content (AvgIpc) is 1.99. The zero-order valence-electron chi connectivity index (χ0n) is 7.03. The number of hydrogen-bond donors (Lipinski definition) is 1. The average molecular weight is 178 g/mol. The summed E-state index contributed by atoms with van der Waals surface area (Å²) >= 11 is 0. The summed E-state index contributed by atoms with van der Waals surface area (Å²) in [5.74, 6) is -1.04. The fraction of sp³-hybridized carbons (Fsp3) is 0.833. The monoisotopic (exact) mass is 178 g/mol. The lowest BCUT2D eigenvalue weighted by molar-refractivity contribution is -0.137. The van der Waals surface area contributed by atoms with Crippen molar-refractivity contribution in [2.24, 2.45) is 0 Å². The maximum Gasteiger partial charge on any atom is 0.303 e. The van der Waals surface area contributed by atoms with Gasteiger partial charge in [0, 0.05) is 19.8 Å². The molecule has 0 radical (unpaired) electrons. The highest BCUT2D eigenvalue weighted by molar-refractivity contribution is 6.44. The van der Waals surface area contributed by atoms with Crippen molar-refractivity contribution in [1.29, 1.82) is 0 Å². The van der Waals surface area contributed by atoms with Gasteiger partial charge in [0.15, 0.2) is 0 Å². The summed E-state index contributed by atoms with van der Waals surface area (Å²) in [6, 6.07) is 0. The van der Waals surface area contributed by atoms with Gasteiger partial charge in [-0.2, -0.15) is 0 Å². The summed E-state index contributed by atoms with van der Waals surface area (Å²) in [7, 11) is 2.21. The third-order valence-electron chi connectivity index (χ3n) is 1.49. The van der Waals surface area contributed by atoms with Gasteiger partial charge in [-0.15, -0.1) is 0 Å². The van der Waals surface area contributed by atoms with E-state index >= 15 is 0 Å². The molecule has 0 saturated heterocycles. The van der Waals surface area contributed by atoms with Crippen LogP contribution in [0.1, 0.15) is 6.92 Å². The van der Waals surface area contributed by atoms with Crippen molar-refractivity contribution in [3.8, 4) is 0 Å². The third-order valence-corrected chi connectivity index (χ3v) is 3.60. The quantitative estimate of drug-likeness (QED) is 0.461. The lowest BCUT2D eigenvalue weighted by atomic mass is 10.5. The van der Waals surface area contributed by atoms with Crippen LogP contribution in [0.15, 0.2) is 0 Å². The van der Waals surface area contributed by atoms with E-state index in [0.29, 0.717) is 0 Å². The Kier molecular flexibility index (Phi) is 5.09. The maximum absolute atomic E-state index is 10.4. The van der Waals surface area contributed by atoms with Crippen molar-refractivity contribution in [1.82, 2.24) is 0 Å². The van der Waals surface area contributed by atoms with E-state index in [4.69, 9.17) is 14.6 Å². The van der Waals surface area contributed by atoms with Crippen LogP contribution in [0.25, 0.3) is 0 Å². The van der Waals surface area contributed by atoms with Gasteiger partial charge in [0.25, 0.3) is 0 Å². The highest BCUT2D eigenvalue weighted by Crippen LogP contribution is 2.04. The van der Waals surface area contributed by atoms with Gasteiger partial charge in [-0.1, -0.05) is 6.92 Å². The molecule has 5 heteroatoms. The molecule has 0 aliphatic carbocycles. The van der Waals surface area contributed by atoms with Gasteiger partial charge < -0.3 is 14.6 Å². The molecule has 0 rings (SSSR count). The third kappa shape index (κ3) is 4.13. The summed E-state index contributed by atoms with van der Waals surface area (Å²) < 4.78 is 9.79. The molecule has 0 aromatic carbocycles. The Balaban J connectivity index is 3.71. The first kappa shape index (κ1) is 10.6. The van der Waals surface area contributed by atoms with Gasteiger partial charge in [-0.25, -0.2) is 0 Å². The van der Waals surface area contributed by atoms with Crippen molar-refractivity contribution in [2.45, 2.75) is 18.4 Å². The standard InChI is InChI=1S/C6H14O4Si/c1-4(5(7)8)11-6(9-2)10-3/h4,6H,11H2,1-3H3,(H,7,8). The van der Waals surface area contributed by atoms with Gasteiger partial charge in [0.2, 0.25) is 0 Å². The van der Waals surface area contributed by atoms with E-state index in [1.807, 2.05) is 0 Å². The van der Waals surface area contributed by atoms with Crippen LogP contribution in [-0.4, -0.2) is 40.7 Å². The molecule has 66 valence electrons. The number of ether oxygens (including phenoxy) is 2. The molecule has 11 heavy (non-hydrogen) atoms. The number of rotatable bonds is 5. The SMILES string of the molecule is COC(OC)[SiH2]C(C)C(=O)O. The molecule has 0 aliphatic heterocycles. The first-order chi connectivity index (χ1) is 5.11. The van der Waals surface area contributed by atoms with Crippen molar-refractivity contribution < 1.29 is 19.4 Å². The minimum atomic E-state index is -0.842. The normalized spacial score (nSPS) is 14.5. The molecule has 0 aromatic heterocycles. The van der Waals surface area contributed by atoms with Crippen molar-refractivity contribution in [3.63, 3.8) is 0 Å². The fourth-order valence-corrected chi connectivity index (χ4v) is 1.84. The molecule has 1 N–H and O–H groups in total. The largest absolute Gasteiger partial charge is 0.481 e. The van der Waals surface area contributed by atoms with E-state index in [2.05, 4.69) is 0 Å². The summed E-state index contributed by atoms with van der Waals surface area (Å²) in [5, 5.41) is 8.55. The number of aliphatic carboxylic acids is 1. The highest BCUT2D eigenvalue weighted by atomic mass is 28.2. The predicted octanol–water partition coefficient (Wildman–Crippen LogP) is -0.375. The summed E-state index contributed by atoms with van der Waals surface area (Å²) in [4.78, 5) is 10.4. The molecule has 0 aliphatic rings. The zero-order valence-corrected chi connectivity index (χ0v) is 8.45. The first-order valence-electron chi connectivity index (χ1n) is 3.40. The molecular formula is C6H14O4Si. The summed E-state index contributed by atoms with van der Waals surface area (Å²) in [5.41, 5.74) is -0.292.